The van der Waals surface area contributed by atoms with Crippen molar-refractivity contribution >= 4 is 38.0 Å². The van der Waals surface area contributed by atoms with Crippen LogP contribution in [0.4, 0.5) is 5.13 Å². The number of carbonyl (C=O) groups excluding carboxylic acids is 2. The fourth-order valence-electron chi connectivity index (χ4n) is 3.37. The minimum absolute atomic E-state index is 0.0499. The van der Waals surface area contributed by atoms with E-state index in [0.717, 1.165) is 5.56 Å². The highest BCUT2D eigenvalue weighted by Gasteiger charge is 2.35. The van der Waals surface area contributed by atoms with Crippen LogP contribution in [0.5, 0.6) is 0 Å². The zero-order chi connectivity index (χ0) is 21.6. The van der Waals surface area contributed by atoms with E-state index in [1.165, 1.54) is 41.7 Å². The van der Waals surface area contributed by atoms with Gasteiger partial charge in [0, 0.05) is 40.0 Å². The Balaban J connectivity index is 1.46. The summed E-state index contributed by atoms with van der Waals surface area (Å²) in [5.74, 6) is -0.898. The summed E-state index contributed by atoms with van der Waals surface area (Å²) in [5.41, 5.74) is 1.80. The Labute approximate surface area is 181 Å². The van der Waals surface area contributed by atoms with Crippen molar-refractivity contribution in [2.75, 3.05) is 5.32 Å². The normalized spacial score (nSPS) is 13.9. The Bertz CT molecular complexity index is 1460. The van der Waals surface area contributed by atoms with Gasteiger partial charge in [0.2, 0.25) is 9.84 Å². The van der Waals surface area contributed by atoms with Gasteiger partial charge in [0.1, 0.15) is 0 Å². The second-order valence-electron chi connectivity index (χ2n) is 6.77. The number of nitrogens with zero attached hydrogens (tertiary/aromatic N) is 2. The summed E-state index contributed by atoms with van der Waals surface area (Å²) in [6, 6.07) is 13.8. The lowest BCUT2D eigenvalue weighted by atomic mass is 10.0. The number of fused-ring (bicyclic) bond motifs is 2. The highest BCUT2D eigenvalue weighted by molar-refractivity contribution is 7.91. The monoisotopic (exact) mass is 447 g/mol. The lowest BCUT2D eigenvalue weighted by Gasteiger charge is -2.19. The number of benzene rings is 2. The quantitative estimate of drug-likeness (QED) is 0.450. The molecule has 2 aromatic heterocycles. The minimum atomic E-state index is -3.92. The molecular weight excluding hydrogens is 434 g/mol. The third kappa shape index (κ3) is 3.24. The maximum Gasteiger partial charge on any atom is 0.257 e. The Kier molecular flexibility index (Phi) is 4.49. The second kappa shape index (κ2) is 7.22. The summed E-state index contributed by atoms with van der Waals surface area (Å²) in [5, 5.41) is 4.84. The molecule has 9 heteroatoms. The van der Waals surface area contributed by atoms with E-state index in [2.05, 4.69) is 15.3 Å². The first-order valence-corrected chi connectivity index (χ1v) is 11.5. The van der Waals surface area contributed by atoms with Crippen LogP contribution in [0.3, 0.4) is 0 Å². The number of sulfone groups is 1. The maximum absolute atomic E-state index is 13.0. The summed E-state index contributed by atoms with van der Waals surface area (Å²) < 4.78 is 26.1. The highest BCUT2D eigenvalue weighted by Crippen LogP contribution is 2.35. The van der Waals surface area contributed by atoms with Crippen LogP contribution in [-0.4, -0.2) is 30.1 Å². The predicted octanol–water partition coefficient (Wildman–Crippen LogP) is 3.83. The van der Waals surface area contributed by atoms with Gasteiger partial charge in [-0.3, -0.25) is 19.9 Å². The third-order valence-corrected chi connectivity index (χ3v) is 7.49. The molecule has 31 heavy (non-hydrogen) atoms. The second-order valence-corrected chi connectivity index (χ2v) is 9.52. The lowest BCUT2D eigenvalue weighted by Crippen LogP contribution is -2.21. The number of hydrogen-bond donors (Lipinski definition) is 1. The molecule has 0 radical (unpaired) electrons. The number of aromatic nitrogens is 2. The van der Waals surface area contributed by atoms with Crippen LogP contribution in [0, 0.1) is 0 Å². The Morgan fingerprint density at radius 3 is 2.58 bits per heavy atom. The molecule has 152 valence electrons. The topological polar surface area (TPSA) is 106 Å². The highest BCUT2D eigenvalue weighted by atomic mass is 32.2. The molecule has 1 amide bonds. The van der Waals surface area contributed by atoms with Gasteiger partial charge >= 0.3 is 0 Å². The molecule has 3 heterocycles. The number of nitrogens with one attached hydrogen (secondary N) is 1. The molecule has 0 saturated carbocycles. The van der Waals surface area contributed by atoms with Crippen molar-refractivity contribution in [3.63, 3.8) is 0 Å². The minimum Gasteiger partial charge on any atom is -0.298 e. The molecule has 2 aromatic carbocycles. The van der Waals surface area contributed by atoms with Gasteiger partial charge in [-0.2, -0.15) is 0 Å². The zero-order valence-electron chi connectivity index (χ0n) is 15.8. The van der Waals surface area contributed by atoms with Crippen LogP contribution < -0.4 is 5.32 Å². The fraction of sp³-hybridized carbons (Fsp3) is 0. The first kappa shape index (κ1) is 19.3. The van der Waals surface area contributed by atoms with Gasteiger partial charge in [-0.25, -0.2) is 13.4 Å². The molecule has 0 aliphatic carbocycles. The Morgan fingerprint density at radius 1 is 0.968 bits per heavy atom. The van der Waals surface area contributed by atoms with E-state index in [0.29, 0.717) is 10.8 Å². The molecule has 4 aromatic rings. The largest absolute Gasteiger partial charge is 0.298 e. The van der Waals surface area contributed by atoms with Crippen molar-refractivity contribution in [2.24, 2.45) is 0 Å². The van der Waals surface area contributed by atoms with E-state index < -0.39 is 15.7 Å². The number of pyridine rings is 1. The van der Waals surface area contributed by atoms with Gasteiger partial charge < -0.3 is 0 Å². The number of thiazole rings is 1. The third-order valence-electron chi connectivity index (χ3n) is 4.88. The molecule has 0 spiro atoms. The van der Waals surface area contributed by atoms with Crippen molar-refractivity contribution in [3.8, 4) is 11.3 Å². The Hall–Kier alpha value is -3.69. The van der Waals surface area contributed by atoms with Crippen LogP contribution in [0.1, 0.15) is 26.3 Å². The van der Waals surface area contributed by atoms with Gasteiger partial charge in [-0.15, -0.1) is 11.3 Å². The van der Waals surface area contributed by atoms with Gasteiger partial charge in [0.15, 0.2) is 10.9 Å². The first-order chi connectivity index (χ1) is 14.9. The molecule has 5 rings (SSSR count). The number of rotatable bonds is 3. The molecule has 0 unspecified atom stereocenters. The van der Waals surface area contributed by atoms with Crippen LogP contribution >= 0.6 is 11.3 Å². The van der Waals surface area contributed by atoms with Gasteiger partial charge in [0.25, 0.3) is 5.91 Å². The number of carbonyl (C=O) groups is 2. The molecule has 1 aliphatic rings. The number of ketones is 1. The molecule has 0 fully saturated rings. The first-order valence-electron chi connectivity index (χ1n) is 9.15. The summed E-state index contributed by atoms with van der Waals surface area (Å²) in [6.07, 6.45) is 3.33. The van der Waals surface area contributed by atoms with Crippen LogP contribution in [-0.2, 0) is 9.84 Å². The fourth-order valence-corrected chi connectivity index (χ4v) is 5.76. The van der Waals surface area contributed by atoms with E-state index in [-0.39, 0.29) is 32.3 Å². The number of anilines is 1. The lowest BCUT2D eigenvalue weighted by molar-refractivity contribution is 0.101. The summed E-state index contributed by atoms with van der Waals surface area (Å²) in [4.78, 5) is 33.7. The predicted molar refractivity (Wildman–Crippen MR) is 115 cm³/mol. The van der Waals surface area contributed by atoms with E-state index in [9.17, 15) is 18.0 Å². The zero-order valence-corrected chi connectivity index (χ0v) is 17.4. The van der Waals surface area contributed by atoms with Crippen molar-refractivity contribution in [1.29, 1.82) is 0 Å². The van der Waals surface area contributed by atoms with Gasteiger partial charge in [-0.1, -0.05) is 12.1 Å². The van der Waals surface area contributed by atoms with Crippen LogP contribution in [0.15, 0.2) is 82.2 Å². The molecule has 1 N–H and O–H groups in total. The van der Waals surface area contributed by atoms with Crippen LogP contribution in [0.25, 0.3) is 11.3 Å². The van der Waals surface area contributed by atoms with Crippen molar-refractivity contribution in [1.82, 2.24) is 9.97 Å². The molecule has 7 nitrogen and oxygen atoms in total. The van der Waals surface area contributed by atoms with Crippen LogP contribution in [0.2, 0.25) is 0 Å². The van der Waals surface area contributed by atoms with E-state index in [4.69, 9.17) is 0 Å². The van der Waals surface area contributed by atoms with E-state index >= 15 is 0 Å². The van der Waals surface area contributed by atoms with Crippen molar-refractivity contribution < 1.29 is 18.0 Å². The van der Waals surface area contributed by atoms with Gasteiger partial charge in [-0.05, 0) is 42.5 Å². The molecule has 1 aliphatic heterocycles. The van der Waals surface area contributed by atoms with Crippen molar-refractivity contribution in [2.45, 2.75) is 9.79 Å². The Morgan fingerprint density at radius 2 is 1.77 bits per heavy atom. The smallest absolute Gasteiger partial charge is 0.257 e. The van der Waals surface area contributed by atoms with E-state index in [1.807, 2.05) is 6.07 Å². The molecule has 0 saturated heterocycles. The summed E-state index contributed by atoms with van der Waals surface area (Å²) >= 11 is 1.24. The maximum atomic E-state index is 13.0. The number of amides is 1. The SMILES string of the molecule is O=C(Nc1nc(-c2cccnc2)cs1)c1ccc2c(c1)S(=O)(=O)c1ccccc1C2=O. The van der Waals surface area contributed by atoms with Crippen molar-refractivity contribution in [3.05, 3.63) is 89.1 Å². The summed E-state index contributed by atoms with van der Waals surface area (Å²) in [6.45, 7) is 0. The average Bonchev–Trinajstić information content (AvgIpc) is 3.26. The standard InChI is InChI=1S/C22H13N3O4S2/c26-20-15-5-1-2-6-18(15)31(28,29)19-10-13(7-8-16(19)20)21(27)25-22-24-17(12-30-22)14-4-3-9-23-11-14/h1-12H,(H,24,25,27). The molecule has 0 atom stereocenters. The molecule has 0 bridgehead atoms. The number of hydrogen-bond acceptors (Lipinski definition) is 7. The van der Waals surface area contributed by atoms with Gasteiger partial charge in [0.05, 0.1) is 15.5 Å². The molecular formula is C22H13N3O4S2. The summed E-state index contributed by atoms with van der Waals surface area (Å²) in [7, 11) is -3.92. The van der Waals surface area contributed by atoms with E-state index in [1.54, 1.807) is 36.0 Å². The average molecular weight is 447 g/mol.